The van der Waals surface area contributed by atoms with E-state index in [2.05, 4.69) is 5.32 Å². The van der Waals surface area contributed by atoms with E-state index in [0.717, 1.165) is 0 Å². The van der Waals surface area contributed by atoms with Crippen LogP contribution in [0.1, 0.15) is 33.6 Å². The summed E-state index contributed by atoms with van der Waals surface area (Å²) in [5.41, 5.74) is 4.01. The summed E-state index contributed by atoms with van der Waals surface area (Å²) in [6.07, 6.45) is 1.02. The zero-order chi connectivity index (χ0) is 14.1. The first-order valence-corrected chi connectivity index (χ1v) is 6.00. The Morgan fingerprint density at radius 3 is 2.17 bits per heavy atom. The molecule has 6 heteroatoms. The van der Waals surface area contributed by atoms with Gasteiger partial charge in [0.1, 0.15) is 5.54 Å². The Morgan fingerprint density at radius 2 is 1.72 bits per heavy atom. The predicted octanol–water partition coefficient (Wildman–Crippen LogP) is 0.113. The molecular formula is C12H20N2O4. The van der Waals surface area contributed by atoms with Crippen molar-refractivity contribution in [3.63, 3.8) is 0 Å². The Balaban J connectivity index is 2.78. The number of hydrogen-bond donors (Lipinski definition) is 3. The highest BCUT2D eigenvalue weighted by Gasteiger charge is 2.42. The van der Waals surface area contributed by atoms with Crippen LogP contribution < -0.4 is 11.1 Å². The zero-order valence-electron chi connectivity index (χ0n) is 10.9. The Hall–Kier alpha value is -1.59. The molecule has 0 radical (unpaired) electrons. The molecule has 0 aromatic rings. The molecule has 4 N–H and O–H groups in total. The van der Waals surface area contributed by atoms with Crippen LogP contribution in [0.3, 0.4) is 0 Å². The van der Waals surface area contributed by atoms with Gasteiger partial charge in [-0.2, -0.15) is 0 Å². The maximum absolute atomic E-state index is 12.0. The Kier molecular flexibility index (Phi) is 3.98. The minimum atomic E-state index is -1.16. The second-order valence-corrected chi connectivity index (χ2v) is 5.61. The van der Waals surface area contributed by atoms with Gasteiger partial charge >= 0.3 is 5.97 Å². The summed E-state index contributed by atoms with van der Waals surface area (Å²) in [5, 5.41) is 11.6. The van der Waals surface area contributed by atoms with Gasteiger partial charge in [0, 0.05) is 0 Å². The zero-order valence-corrected chi connectivity index (χ0v) is 10.9. The van der Waals surface area contributed by atoms with E-state index in [1.165, 1.54) is 13.8 Å². The summed E-state index contributed by atoms with van der Waals surface area (Å²) in [6, 6.07) is 0. The summed E-state index contributed by atoms with van der Waals surface area (Å²) < 4.78 is 0. The Labute approximate surface area is 106 Å². The highest BCUT2D eigenvalue weighted by atomic mass is 16.4. The molecule has 0 saturated heterocycles. The average Bonchev–Trinajstić information content (AvgIpc) is 2.59. The van der Waals surface area contributed by atoms with Gasteiger partial charge in [-0.1, -0.05) is 6.92 Å². The fraction of sp³-hybridized carbons (Fsp3) is 0.750. The largest absolute Gasteiger partial charge is 0.481 e. The molecule has 1 fully saturated rings. The van der Waals surface area contributed by atoms with Crippen LogP contribution in [0.4, 0.5) is 0 Å². The minimum Gasteiger partial charge on any atom is -0.481 e. The number of primary amides is 1. The van der Waals surface area contributed by atoms with E-state index in [-0.39, 0.29) is 5.92 Å². The number of hydrogen-bond acceptors (Lipinski definition) is 3. The van der Waals surface area contributed by atoms with Crippen LogP contribution in [-0.4, -0.2) is 28.4 Å². The van der Waals surface area contributed by atoms with Crippen LogP contribution in [0.5, 0.6) is 0 Å². The minimum absolute atomic E-state index is 0.193. The molecule has 0 aromatic carbocycles. The van der Waals surface area contributed by atoms with Gasteiger partial charge < -0.3 is 16.2 Å². The Morgan fingerprint density at radius 1 is 1.22 bits per heavy atom. The molecule has 18 heavy (non-hydrogen) atoms. The first-order valence-electron chi connectivity index (χ1n) is 6.00. The standard InChI is InChI=1S/C12H20N2O4/c1-6-4-7(8(5-6)10(16)17)9(15)14-12(2,3)11(13)18/h6-8H,4-5H2,1-3H3,(H2,13,18)(H,14,15)(H,16,17)/t6?,7-,8+/m0/s1. The molecule has 0 heterocycles. The van der Waals surface area contributed by atoms with Crippen molar-refractivity contribution in [1.82, 2.24) is 5.32 Å². The number of nitrogens with one attached hydrogen (secondary N) is 1. The van der Waals surface area contributed by atoms with Gasteiger partial charge in [-0.05, 0) is 32.6 Å². The van der Waals surface area contributed by atoms with Gasteiger partial charge in [0.15, 0.2) is 0 Å². The van der Waals surface area contributed by atoms with E-state index < -0.39 is 35.2 Å². The molecule has 1 rings (SSSR count). The number of carbonyl (C=O) groups is 3. The number of carbonyl (C=O) groups excluding carboxylic acids is 2. The van der Waals surface area contributed by atoms with Crippen LogP contribution in [0.15, 0.2) is 0 Å². The SMILES string of the molecule is CC1C[C@H](C(=O)NC(C)(C)C(N)=O)[C@H](C(=O)O)C1. The molecule has 0 aromatic heterocycles. The van der Waals surface area contributed by atoms with Crippen molar-refractivity contribution < 1.29 is 19.5 Å². The second-order valence-electron chi connectivity index (χ2n) is 5.61. The summed E-state index contributed by atoms with van der Waals surface area (Å²) in [7, 11) is 0. The van der Waals surface area contributed by atoms with Crippen molar-refractivity contribution in [2.24, 2.45) is 23.5 Å². The first-order chi connectivity index (χ1) is 8.15. The van der Waals surface area contributed by atoms with Crippen LogP contribution in [0, 0.1) is 17.8 Å². The van der Waals surface area contributed by atoms with Gasteiger partial charge in [-0.3, -0.25) is 14.4 Å². The molecule has 1 unspecified atom stereocenters. The number of nitrogens with two attached hydrogens (primary N) is 1. The number of aliphatic carboxylic acids is 1. The lowest BCUT2D eigenvalue weighted by Gasteiger charge is -2.25. The van der Waals surface area contributed by atoms with Crippen LogP contribution in [-0.2, 0) is 14.4 Å². The summed E-state index contributed by atoms with van der Waals surface area (Å²) in [5.74, 6) is -3.08. The lowest BCUT2D eigenvalue weighted by molar-refractivity contribution is -0.146. The molecule has 3 atom stereocenters. The molecule has 1 aliphatic rings. The highest BCUT2D eigenvalue weighted by molar-refractivity contribution is 5.92. The molecule has 102 valence electrons. The maximum Gasteiger partial charge on any atom is 0.307 e. The van der Waals surface area contributed by atoms with Crippen molar-refractivity contribution in [1.29, 1.82) is 0 Å². The number of carboxylic acid groups (broad SMARTS) is 1. The van der Waals surface area contributed by atoms with Gasteiger partial charge in [-0.25, -0.2) is 0 Å². The third-order valence-corrected chi connectivity index (χ3v) is 3.50. The van der Waals surface area contributed by atoms with Gasteiger partial charge in [0.05, 0.1) is 11.8 Å². The monoisotopic (exact) mass is 256 g/mol. The Bertz CT molecular complexity index is 378. The summed E-state index contributed by atoms with van der Waals surface area (Å²) in [4.78, 5) is 34.3. The third kappa shape index (κ3) is 3.00. The van der Waals surface area contributed by atoms with Crippen molar-refractivity contribution >= 4 is 17.8 Å². The van der Waals surface area contributed by atoms with Gasteiger partial charge in [0.25, 0.3) is 0 Å². The van der Waals surface area contributed by atoms with Crippen LogP contribution >= 0.6 is 0 Å². The fourth-order valence-electron chi connectivity index (χ4n) is 2.32. The van der Waals surface area contributed by atoms with E-state index in [1.54, 1.807) is 0 Å². The molecule has 2 amide bonds. The van der Waals surface area contributed by atoms with E-state index in [1.807, 2.05) is 6.92 Å². The van der Waals surface area contributed by atoms with E-state index in [9.17, 15) is 14.4 Å². The highest BCUT2D eigenvalue weighted by Crippen LogP contribution is 2.36. The first kappa shape index (κ1) is 14.5. The lowest BCUT2D eigenvalue weighted by Crippen LogP contribution is -2.55. The van der Waals surface area contributed by atoms with E-state index in [4.69, 9.17) is 10.8 Å². The second kappa shape index (κ2) is 4.96. The molecule has 6 nitrogen and oxygen atoms in total. The summed E-state index contributed by atoms with van der Waals surface area (Å²) in [6.45, 7) is 4.92. The molecular weight excluding hydrogens is 236 g/mol. The fourth-order valence-corrected chi connectivity index (χ4v) is 2.32. The van der Waals surface area contributed by atoms with Crippen LogP contribution in [0.2, 0.25) is 0 Å². The molecule has 0 aliphatic heterocycles. The maximum atomic E-state index is 12.0. The topological polar surface area (TPSA) is 109 Å². The van der Waals surface area contributed by atoms with Crippen molar-refractivity contribution in [2.75, 3.05) is 0 Å². The van der Waals surface area contributed by atoms with E-state index in [0.29, 0.717) is 12.8 Å². The molecule has 1 aliphatic carbocycles. The average molecular weight is 256 g/mol. The van der Waals surface area contributed by atoms with Crippen molar-refractivity contribution in [3.05, 3.63) is 0 Å². The van der Waals surface area contributed by atoms with Gasteiger partial charge in [0.2, 0.25) is 11.8 Å². The lowest BCUT2D eigenvalue weighted by atomic mass is 9.93. The third-order valence-electron chi connectivity index (χ3n) is 3.50. The van der Waals surface area contributed by atoms with Crippen molar-refractivity contribution in [3.8, 4) is 0 Å². The molecule has 1 saturated carbocycles. The quantitative estimate of drug-likeness (QED) is 0.663. The number of rotatable bonds is 4. The normalized spacial score (nSPS) is 27.8. The smallest absolute Gasteiger partial charge is 0.307 e. The molecule has 0 spiro atoms. The number of amides is 2. The number of carboxylic acids is 1. The van der Waals surface area contributed by atoms with E-state index >= 15 is 0 Å². The van der Waals surface area contributed by atoms with Gasteiger partial charge in [-0.15, -0.1) is 0 Å². The molecule has 0 bridgehead atoms. The predicted molar refractivity (Wildman–Crippen MR) is 64.4 cm³/mol. The summed E-state index contributed by atoms with van der Waals surface area (Å²) >= 11 is 0. The van der Waals surface area contributed by atoms with Crippen LogP contribution in [0.25, 0.3) is 0 Å². The van der Waals surface area contributed by atoms with Crippen molar-refractivity contribution in [2.45, 2.75) is 39.2 Å².